The van der Waals surface area contributed by atoms with E-state index in [1.807, 2.05) is 6.07 Å². The second-order valence-corrected chi connectivity index (χ2v) is 4.21. The number of nitrogens with one attached hydrogen (secondary N) is 2. The van der Waals surface area contributed by atoms with E-state index < -0.39 is 0 Å². The number of hydrogen-bond donors (Lipinski definition) is 2. The van der Waals surface area contributed by atoms with E-state index in [0.29, 0.717) is 12.0 Å². The van der Waals surface area contributed by atoms with Crippen LogP contribution in [0.15, 0.2) is 31.0 Å². The molecule has 0 amide bonds. The standard InChI is InChI=1S/C12H14N6/c1-2-10(15-4-1)11-3-5-16-12(18-11)17-9-6-13-8-14-7-9/h3,5-8,10,15H,1-2,4H2,(H,16,17,18). The first-order chi connectivity index (χ1) is 8.92. The molecule has 0 saturated carbocycles. The maximum absolute atomic E-state index is 4.51. The Morgan fingerprint density at radius 1 is 1.28 bits per heavy atom. The number of hydrogen-bond acceptors (Lipinski definition) is 6. The van der Waals surface area contributed by atoms with Crippen molar-refractivity contribution in [3.63, 3.8) is 0 Å². The van der Waals surface area contributed by atoms with Crippen molar-refractivity contribution in [3.8, 4) is 0 Å². The Morgan fingerprint density at radius 2 is 2.17 bits per heavy atom. The van der Waals surface area contributed by atoms with Gasteiger partial charge in [-0.05, 0) is 25.5 Å². The first-order valence-electron chi connectivity index (χ1n) is 6.00. The second-order valence-electron chi connectivity index (χ2n) is 4.21. The van der Waals surface area contributed by atoms with Crippen LogP contribution in [0, 0.1) is 0 Å². The molecule has 3 heterocycles. The van der Waals surface area contributed by atoms with Gasteiger partial charge in [-0.2, -0.15) is 0 Å². The molecular weight excluding hydrogens is 228 g/mol. The highest BCUT2D eigenvalue weighted by molar-refractivity contribution is 5.49. The Balaban J connectivity index is 1.78. The van der Waals surface area contributed by atoms with E-state index in [-0.39, 0.29) is 0 Å². The van der Waals surface area contributed by atoms with Gasteiger partial charge in [-0.25, -0.2) is 19.9 Å². The van der Waals surface area contributed by atoms with Crippen LogP contribution in [-0.2, 0) is 0 Å². The van der Waals surface area contributed by atoms with Crippen LogP contribution in [0.25, 0.3) is 0 Å². The van der Waals surface area contributed by atoms with Crippen LogP contribution in [0.3, 0.4) is 0 Å². The topological polar surface area (TPSA) is 75.6 Å². The van der Waals surface area contributed by atoms with Crippen molar-refractivity contribution in [1.29, 1.82) is 0 Å². The van der Waals surface area contributed by atoms with E-state index in [4.69, 9.17) is 0 Å². The summed E-state index contributed by atoms with van der Waals surface area (Å²) in [7, 11) is 0. The van der Waals surface area contributed by atoms with Crippen LogP contribution in [0.4, 0.5) is 11.6 Å². The lowest BCUT2D eigenvalue weighted by Crippen LogP contribution is -2.15. The van der Waals surface area contributed by atoms with E-state index in [1.165, 1.54) is 12.7 Å². The van der Waals surface area contributed by atoms with Gasteiger partial charge in [-0.15, -0.1) is 0 Å². The minimum absolute atomic E-state index is 0.348. The number of aromatic nitrogens is 4. The van der Waals surface area contributed by atoms with Crippen LogP contribution in [-0.4, -0.2) is 26.5 Å². The lowest BCUT2D eigenvalue weighted by atomic mass is 10.1. The summed E-state index contributed by atoms with van der Waals surface area (Å²) in [4.78, 5) is 16.6. The molecular formula is C12H14N6. The molecule has 92 valence electrons. The molecule has 3 rings (SSSR count). The second kappa shape index (κ2) is 5.05. The van der Waals surface area contributed by atoms with Gasteiger partial charge in [0.25, 0.3) is 0 Å². The lowest BCUT2D eigenvalue weighted by molar-refractivity contribution is 0.627. The van der Waals surface area contributed by atoms with Gasteiger partial charge in [0.15, 0.2) is 0 Å². The van der Waals surface area contributed by atoms with E-state index in [1.54, 1.807) is 18.6 Å². The number of anilines is 2. The van der Waals surface area contributed by atoms with Gasteiger partial charge in [-0.3, -0.25) is 0 Å². The van der Waals surface area contributed by atoms with Crippen LogP contribution >= 0.6 is 0 Å². The third-order valence-electron chi connectivity index (χ3n) is 2.91. The summed E-state index contributed by atoms with van der Waals surface area (Å²) in [5.41, 5.74) is 1.82. The summed E-state index contributed by atoms with van der Waals surface area (Å²) in [5.74, 6) is 0.580. The monoisotopic (exact) mass is 242 g/mol. The quantitative estimate of drug-likeness (QED) is 0.848. The first kappa shape index (κ1) is 11.0. The van der Waals surface area contributed by atoms with E-state index in [2.05, 4.69) is 30.6 Å². The zero-order valence-electron chi connectivity index (χ0n) is 9.87. The summed E-state index contributed by atoms with van der Waals surface area (Å²) in [6.45, 7) is 1.06. The molecule has 0 radical (unpaired) electrons. The highest BCUT2D eigenvalue weighted by Crippen LogP contribution is 2.22. The highest BCUT2D eigenvalue weighted by atomic mass is 15.1. The van der Waals surface area contributed by atoms with Crippen molar-refractivity contribution < 1.29 is 0 Å². The molecule has 2 aromatic heterocycles. The third-order valence-corrected chi connectivity index (χ3v) is 2.91. The molecule has 18 heavy (non-hydrogen) atoms. The molecule has 6 nitrogen and oxygen atoms in total. The van der Waals surface area contributed by atoms with Gasteiger partial charge < -0.3 is 10.6 Å². The van der Waals surface area contributed by atoms with Crippen molar-refractivity contribution in [2.24, 2.45) is 0 Å². The molecule has 1 saturated heterocycles. The smallest absolute Gasteiger partial charge is 0.227 e. The molecule has 2 N–H and O–H groups in total. The Bertz CT molecular complexity index is 509. The lowest BCUT2D eigenvalue weighted by Gasteiger charge is -2.10. The van der Waals surface area contributed by atoms with Gasteiger partial charge in [-0.1, -0.05) is 0 Å². The van der Waals surface area contributed by atoms with Crippen molar-refractivity contribution in [2.45, 2.75) is 18.9 Å². The highest BCUT2D eigenvalue weighted by Gasteiger charge is 2.17. The van der Waals surface area contributed by atoms with Crippen molar-refractivity contribution in [2.75, 3.05) is 11.9 Å². The Hall–Kier alpha value is -2.08. The van der Waals surface area contributed by atoms with Gasteiger partial charge >= 0.3 is 0 Å². The zero-order valence-corrected chi connectivity index (χ0v) is 9.87. The summed E-state index contributed by atoms with van der Waals surface area (Å²) in [5, 5.41) is 6.51. The average molecular weight is 242 g/mol. The number of nitrogens with zero attached hydrogens (tertiary/aromatic N) is 4. The van der Waals surface area contributed by atoms with Gasteiger partial charge in [0.05, 0.1) is 23.8 Å². The Kier molecular flexibility index (Phi) is 3.10. The van der Waals surface area contributed by atoms with Crippen molar-refractivity contribution in [1.82, 2.24) is 25.3 Å². The molecule has 1 aliphatic heterocycles. The molecule has 0 aliphatic carbocycles. The maximum Gasteiger partial charge on any atom is 0.227 e. The van der Waals surface area contributed by atoms with Crippen LogP contribution in [0.5, 0.6) is 0 Å². The fourth-order valence-electron chi connectivity index (χ4n) is 2.06. The van der Waals surface area contributed by atoms with E-state index >= 15 is 0 Å². The molecule has 6 heteroatoms. The normalized spacial score (nSPS) is 18.8. The Labute approximate surface area is 105 Å². The van der Waals surface area contributed by atoms with Crippen LogP contribution in [0.2, 0.25) is 0 Å². The summed E-state index contributed by atoms with van der Waals surface area (Å²) in [6, 6.07) is 2.30. The predicted molar refractivity (Wildman–Crippen MR) is 67.3 cm³/mol. The molecule has 1 atom stereocenters. The van der Waals surface area contributed by atoms with Crippen molar-refractivity contribution >= 4 is 11.6 Å². The predicted octanol–water partition coefficient (Wildman–Crippen LogP) is 1.43. The summed E-state index contributed by atoms with van der Waals surface area (Å²) < 4.78 is 0. The fraction of sp³-hybridized carbons (Fsp3) is 0.333. The average Bonchev–Trinajstić information content (AvgIpc) is 2.94. The third kappa shape index (κ3) is 2.43. The first-order valence-corrected chi connectivity index (χ1v) is 6.00. The fourth-order valence-corrected chi connectivity index (χ4v) is 2.06. The molecule has 1 aliphatic rings. The molecule has 0 aromatic carbocycles. The van der Waals surface area contributed by atoms with E-state index in [9.17, 15) is 0 Å². The van der Waals surface area contributed by atoms with Gasteiger partial charge in [0.2, 0.25) is 5.95 Å². The van der Waals surface area contributed by atoms with Crippen LogP contribution < -0.4 is 10.6 Å². The zero-order chi connectivity index (χ0) is 12.2. The SMILES string of the molecule is c1ncc(Nc2nccc(C3CCCN3)n2)cn1. The van der Waals surface area contributed by atoms with Gasteiger partial charge in [0.1, 0.15) is 6.33 Å². The van der Waals surface area contributed by atoms with Crippen molar-refractivity contribution in [3.05, 3.63) is 36.7 Å². The summed E-state index contributed by atoms with van der Waals surface area (Å²) in [6.07, 6.45) is 8.97. The molecule has 1 unspecified atom stereocenters. The molecule has 0 spiro atoms. The van der Waals surface area contributed by atoms with E-state index in [0.717, 1.165) is 24.3 Å². The molecule has 2 aromatic rings. The van der Waals surface area contributed by atoms with Gasteiger partial charge in [0, 0.05) is 12.2 Å². The molecule has 0 bridgehead atoms. The Morgan fingerprint density at radius 3 is 2.94 bits per heavy atom. The summed E-state index contributed by atoms with van der Waals surface area (Å²) >= 11 is 0. The number of rotatable bonds is 3. The minimum atomic E-state index is 0.348. The maximum atomic E-state index is 4.51. The largest absolute Gasteiger partial charge is 0.322 e. The van der Waals surface area contributed by atoms with Crippen LogP contribution in [0.1, 0.15) is 24.6 Å². The molecule has 1 fully saturated rings. The minimum Gasteiger partial charge on any atom is -0.322 e.